The zero-order valence-corrected chi connectivity index (χ0v) is 19.4. The van der Waals surface area contributed by atoms with Crippen LogP contribution in [0.3, 0.4) is 0 Å². The van der Waals surface area contributed by atoms with Gasteiger partial charge in [0.2, 0.25) is 0 Å². The van der Waals surface area contributed by atoms with Gasteiger partial charge in [0.25, 0.3) is 15.2 Å². The van der Waals surface area contributed by atoms with Crippen LogP contribution in [0.5, 0.6) is 0 Å². The van der Waals surface area contributed by atoms with Crippen LogP contribution in [-0.2, 0) is 10.0 Å². The summed E-state index contributed by atoms with van der Waals surface area (Å²) in [5, 5.41) is 10.0. The molecule has 170 valence electrons. The number of nitrogens with zero attached hydrogens (tertiary/aromatic N) is 4. The van der Waals surface area contributed by atoms with E-state index in [0.29, 0.717) is 13.0 Å². The lowest BCUT2D eigenvalue weighted by Gasteiger charge is -2.44. The Morgan fingerprint density at radius 1 is 1.12 bits per heavy atom. The highest BCUT2D eigenvalue weighted by Crippen LogP contribution is 2.49. The lowest BCUT2D eigenvalue weighted by Crippen LogP contribution is -2.48. The van der Waals surface area contributed by atoms with Crippen LogP contribution in [-0.4, -0.2) is 61.5 Å². The molecule has 2 aromatic carbocycles. The van der Waals surface area contributed by atoms with E-state index in [0.717, 1.165) is 22.4 Å². The third-order valence-corrected chi connectivity index (χ3v) is 8.38. The van der Waals surface area contributed by atoms with Crippen LogP contribution in [0, 0.1) is 17.8 Å². The Morgan fingerprint density at radius 3 is 2.58 bits per heavy atom. The normalized spacial score (nSPS) is 26.4. The second kappa shape index (κ2) is 8.41. The number of aliphatic hydroxyl groups is 1. The largest absolute Gasteiger partial charge is 0.394 e. The Kier molecular flexibility index (Phi) is 5.57. The Bertz CT molecular complexity index is 1290. The highest BCUT2D eigenvalue weighted by Gasteiger charge is 2.51. The molecular weight excluding hydrogens is 436 g/mol. The zero-order valence-electron chi connectivity index (χ0n) is 18.6. The molecule has 4 atom stereocenters. The van der Waals surface area contributed by atoms with Gasteiger partial charge in [0.05, 0.1) is 24.7 Å². The fourth-order valence-electron chi connectivity index (χ4n) is 5.08. The van der Waals surface area contributed by atoms with Crippen molar-refractivity contribution in [1.29, 1.82) is 0 Å². The summed E-state index contributed by atoms with van der Waals surface area (Å²) in [5.41, 5.74) is 3.56. The number of rotatable bonds is 2. The predicted octanol–water partition coefficient (Wildman–Crippen LogP) is 2.42. The smallest absolute Gasteiger partial charge is 0.278 e. The van der Waals surface area contributed by atoms with Gasteiger partial charge in [-0.3, -0.25) is 0 Å². The molecule has 0 saturated carbocycles. The van der Waals surface area contributed by atoms with Crippen molar-refractivity contribution in [3.8, 4) is 11.8 Å². The molecular formula is C25H26N4O3S. The van der Waals surface area contributed by atoms with Crippen LogP contribution in [0.2, 0.25) is 0 Å². The molecule has 7 nitrogen and oxygen atoms in total. The van der Waals surface area contributed by atoms with Crippen LogP contribution in [0.1, 0.15) is 36.1 Å². The fraction of sp³-hybridized carbons (Fsp3) is 0.360. The molecule has 0 bridgehead atoms. The second-order valence-corrected chi connectivity index (χ2v) is 10.5. The van der Waals surface area contributed by atoms with Gasteiger partial charge in [-0.2, -0.15) is 4.31 Å². The topological polar surface area (TPSA) is 85.6 Å². The fourth-order valence-corrected chi connectivity index (χ4v) is 6.69. The van der Waals surface area contributed by atoms with E-state index in [1.54, 1.807) is 6.21 Å². The number of hydrogen-bond donors (Lipinski definition) is 1. The third-order valence-electron chi connectivity index (χ3n) is 6.68. The number of aliphatic hydroxyl groups excluding tert-OH is 1. The standard InChI is InChI=1S/C25H26N4O3S/c1-17-15-26-25(27-17)33(31,32)29-13-12-20-23(16-30)28(2)22-11-10-19(14-21(22)24(20)29)9-8-18-6-4-3-5-7-18/h3-7,10-11,14-15,17,20,23-24,30H,12-13,16H2,1-2H3/t17?,20-,23+,24-/m1/s1. The summed E-state index contributed by atoms with van der Waals surface area (Å²) in [4.78, 5) is 10.4. The molecule has 8 heteroatoms. The molecule has 3 heterocycles. The maximum absolute atomic E-state index is 13.5. The first-order valence-electron chi connectivity index (χ1n) is 11.1. The molecule has 1 saturated heterocycles. The van der Waals surface area contributed by atoms with Gasteiger partial charge >= 0.3 is 0 Å². The van der Waals surface area contributed by atoms with Crippen LogP contribution < -0.4 is 4.90 Å². The highest BCUT2D eigenvalue weighted by molar-refractivity contribution is 8.04. The summed E-state index contributed by atoms with van der Waals surface area (Å²) in [5.74, 6) is 6.35. The number of hydrogen-bond acceptors (Lipinski definition) is 6. The number of anilines is 1. The molecule has 1 fully saturated rings. The molecule has 33 heavy (non-hydrogen) atoms. The van der Waals surface area contributed by atoms with Crippen molar-refractivity contribution in [3.05, 3.63) is 65.2 Å². The summed E-state index contributed by atoms with van der Waals surface area (Å²) in [6.07, 6.45) is 2.21. The predicted molar refractivity (Wildman–Crippen MR) is 130 cm³/mol. The SMILES string of the molecule is CC1C=NC(S(=O)(=O)N2CC[C@@H]3[C@H](CO)N(C)c4ccc(C#Cc5ccccc5)cc4[C@@H]32)=N1. The van der Waals surface area contributed by atoms with E-state index < -0.39 is 16.1 Å². The van der Waals surface area contributed by atoms with Crippen molar-refractivity contribution in [2.24, 2.45) is 15.9 Å². The molecule has 5 rings (SSSR count). The van der Waals surface area contributed by atoms with Crippen molar-refractivity contribution in [2.45, 2.75) is 31.5 Å². The minimum Gasteiger partial charge on any atom is -0.394 e. The minimum absolute atomic E-state index is 0.0389. The Balaban J connectivity index is 1.58. The third kappa shape index (κ3) is 3.76. The molecule has 0 aromatic heterocycles. The van der Waals surface area contributed by atoms with Crippen molar-refractivity contribution in [1.82, 2.24) is 4.31 Å². The number of aliphatic imine (C=N–C) groups is 2. The van der Waals surface area contributed by atoms with Crippen LogP contribution >= 0.6 is 0 Å². The molecule has 0 aliphatic carbocycles. The van der Waals surface area contributed by atoms with Gasteiger partial charge in [-0.05, 0) is 49.2 Å². The van der Waals surface area contributed by atoms with E-state index in [4.69, 9.17) is 0 Å². The molecule has 2 aromatic rings. The highest BCUT2D eigenvalue weighted by atomic mass is 32.2. The molecule has 3 aliphatic rings. The maximum atomic E-state index is 13.5. The van der Waals surface area contributed by atoms with Gasteiger partial charge in [-0.15, -0.1) is 0 Å². The van der Waals surface area contributed by atoms with E-state index in [1.807, 2.05) is 62.5 Å². The van der Waals surface area contributed by atoms with E-state index in [1.165, 1.54) is 4.31 Å². The molecule has 0 radical (unpaired) electrons. The van der Waals surface area contributed by atoms with Crippen LogP contribution in [0.15, 0.2) is 58.5 Å². The maximum Gasteiger partial charge on any atom is 0.278 e. The quantitative estimate of drug-likeness (QED) is 0.695. The van der Waals surface area contributed by atoms with E-state index in [2.05, 4.69) is 26.7 Å². The Hall–Kier alpha value is -2.99. The average Bonchev–Trinajstić information content (AvgIpc) is 3.46. The number of fused-ring (bicyclic) bond motifs is 3. The van der Waals surface area contributed by atoms with Gasteiger partial charge < -0.3 is 10.0 Å². The first-order valence-corrected chi connectivity index (χ1v) is 12.5. The van der Waals surface area contributed by atoms with Crippen molar-refractivity contribution < 1.29 is 13.5 Å². The van der Waals surface area contributed by atoms with Crippen LogP contribution in [0.25, 0.3) is 0 Å². The Morgan fingerprint density at radius 2 is 1.88 bits per heavy atom. The monoisotopic (exact) mass is 462 g/mol. The second-order valence-electron chi connectivity index (χ2n) is 8.69. The molecule has 1 N–H and O–H groups in total. The van der Waals surface area contributed by atoms with Crippen molar-refractivity contribution in [3.63, 3.8) is 0 Å². The number of benzene rings is 2. The Labute approximate surface area is 194 Å². The summed E-state index contributed by atoms with van der Waals surface area (Å²) < 4.78 is 28.5. The summed E-state index contributed by atoms with van der Waals surface area (Å²) >= 11 is 0. The summed E-state index contributed by atoms with van der Waals surface area (Å²) in [6.45, 7) is 2.13. The van der Waals surface area contributed by atoms with Gasteiger partial charge in [0.1, 0.15) is 0 Å². The van der Waals surface area contributed by atoms with Crippen molar-refractivity contribution >= 4 is 27.1 Å². The van der Waals surface area contributed by atoms with Gasteiger partial charge in [-0.1, -0.05) is 30.0 Å². The summed E-state index contributed by atoms with van der Waals surface area (Å²) in [6, 6.07) is 14.8. The average molecular weight is 463 g/mol. The molecule has 1 unspecified atom stereocenters. The van der Waals surface area contributed by atoms with E-state index in [-0.39, 0.29) is 29.8 Å². The van der Waals surface area contributed by atoms with E-state index >= 15 is 0 Å². The molecule has 0 spiro atoms. The first-order chi connectivity index (χ1) is 15.9. The van der Waals surface area contributed by atoms with E-state index in [9.17, 15) is 13.5 Å². The first kappa shape index (κ1) is 21.8. The molecule has 3 aliphatic heterocycles. The lowest BCUT2D eigenvalue weighted by atomic mass is 9.82. The van der Waals surface area contributed by atoms with Gasteiger partial charge in [0, 0.05) is 42.5 Å². The van der Waals surface area contributed by atoms with Gasteiger partial charge in [-0.25, -0.2) is 18.4 Å². The molecule has 0 amide bonds. The van der Waals surface area contributed by atoms with Crippen molar-refractivity contribution in [2.75, 3.05) is 25.1 Å². The minimum atomic E-state index is -3.85. The van der Waals surface area contributed by atoms with Crippen LogP contribution in [0.4, 0.5) is 5.69 Å². The van der Waals surface area contributed by atoms with Gasteiger partial charge in [0.15, 0.2) is 0 Å². The number of amidine groups is 1. The number of sulfonamides is 1. The zero-order chi connectivity index (χ0) is 23.2. The summed E-state index contributed by atoms with van der Waals surface area (Å²) in [7, 11) is -1.90. The lowest BCUT2D eigenvalue weighted by molar-refractivity contribution is 0.193. The number of likely N-dealkylation sites (N-methyl/N-ethyl adjacent to an activating group) is 1.